The first kappa shape index (κ1) is 50.5. The number of hydrogen-bond donors (Lipinski definition) is 10. The summed E-state index contributed by atoms with van der Waals surface area (Å²) in [5, 5.41) is 36.2. The molecule has 0 saturated heterocycles. The molecular formula is C41H61N9O11. The minimum Gasteiger partial charge on any atom is -0.508 e. The Morgan fingerprint density at radius 3 is 1.75 bits per heavy atom. The van der Waals surface area contributed by atoms with Gasteiger partial charge in [0.2, 0.25) is 23.6 Å². The fourth-order valence-corrected chi connectivity index (χ4v) is 6.13. The van der Waals surface area contributed by atoms with Crippen LogP contribution in [-0.2, 0) is 46.2 Å². The molecular weight excluding hydrogens is 795 g/mol. The van der Waals surface area contributed by atoms with Gasteiger partial charge in [-0.2, -0.15) is 0 Å². The lowest BCUT2D eigenvalue weighted by Crippen LogP contribution is -2.58. The van der Waals surface area contributed by atoms with Crippen molar-refractivity contribution < 1.29 is 52.9 Å². The minimum atomic E-state index is -1.35. The van der Waals surface area contributed by atoms with Gasteiger partial charge in [0.25, 0.3) is 0 Å². The third-order valence-corrected chi connectivity index (χ3v) is 9.12. The molecule has 20 nitrogen and oxygen atoms in total. The molecule has 7 amide bonds. The van der Waals surface area contributed by atoms with Crippen molar-refractivity contribution in [1.82, 2.24) is 37.2 Å². The van der Waals surface area contributed by atoms with Gasteiger partial charge in [0, 0.05) is 25.9 Å². The van der Waals surface area contributed by atoms with Crippen molar-refractivity contribution in [2.75, 3.05) is 32.9 Å². The molecule has 0 aliphatic heterocycles. The van der Waals surface area contributed by atoms with Crippen LogP contribution >= 0.6 is 0 Å². The Morgan fingerprint density at radius 1 is 0.639 bits per heavy atom. The highest BCUT2D eigenvalue weighted by Gasteiger charge is 2.32. The van der Waals surface area contributed by atoms with Gasteiger partial charge in [-0.1, -0.05) is 30.3 Å². The average Bonchev–Trinajstić information content (AvgIpc) is 3.19. The quantitative estimate of drug-likeness (QED) is 0.0313. The first-order chi connectivity index (χ1) is 29.1. The largest absolute Gasteiger partial charge is 0.508 e. The molecule has 20 heteroatoms. The maximum Gasteiger partial charge on any atom is 0.413 e. The molecule has 0 spiro atoms. The first-order valence-electron chi connectivity index (χ1n) is 20.2. The normalized spacial score (nSPS) is 12.5. The molecule has 0 heterocycles. The molecule has 0 aromatic heterocycles. The summed E-state index contributed by atoms with van der Waals surface area (Å²) in [6.45, 7) is 8.92. The number of carbonyl (C=O) groups is 7. The second-order valence-corrected chi connectivity index (χ2v) is 13.9. The lowest BCUT2D eigenvalue weighted by Gasteiger charge is -2.27. The summed E-state index contributed by atoms with van der Waals surface area (Å²) in [5.74, 6) is -3.42. The van der Waals surface area contributed by atoms with Crippen molar-refractivity contribution in [1.29, 1.82) is 5.41 Å². The Balaban J connectivity index is 2.41. The van der Waals surface area contributed by atoms with E-state index in [0.29, 0.717) is 29.5 Å². The predicted molar refractivity (Wildman–Crippen MR) is 224 cm³/mol. The van der Waals surface area contributed by atoms with Crippen molar-refractivity contribution >= 4 is 47.9 Å². The maximum absolute atomic E-state index is 14.4. The third-order valence-electron chi connectivity index (χ3n) is 9.12. The van der Waals surface area contributed by atoms with Crippen molar-refractivity contribution in [2.24, 2.45) is 5.73 Å². The molecule has 0 fully saturated rings. The Bertz CT molecular complexity index is 1770. The molecule has 2 aromatic carbocycles. The number of primary amides is 1. The molecule has 61 heavy (non-hydrogen) atoms. The summed E-state index contributed by atoms with van der Waals surface area (Å²) in [6, 6.07) is 6.93. The van der Waals surface area contributed by atoms with E-state index in [1.54, 1.807) is 65.0 Å². The SMILES string of the molecule is CCOC(=O)NCCCC[C@H](NC(=O)[C@H](Cc1c(C)cc(O)cc1C)NC(=O)[C@@H](CCCNC(=N)NC(=O)OCC)NC(=O)OCC)C(=O)N[C@@H](Cc1ccccc1)C(N)=O. The van der Waals surface area contributed by atoms with Crippen LogP contribution in [0, 0.1) is 19.3 Å². The highest BCUT2D eigenvalue weighted by molar-refractivity contribution is 5.95. The summed E-state index contributed by atoms with van der Waals surface area (Å²) in [6.07, 6.45) is -1.39. The lowest BCUT2D eigenvalue weighted by molar-refractivity contribution is -0.133. The van der Waals surface area contributed by atoms with Gasteiger partial charge in [-0.15, -0.1) is 0 Å². The number of unbranched alkanes of at least 4 members (excludes halogenated alkanes) is 1. The van der Waals surface area contributed by atoms with Crippen LogP contribution in [0.3, 0.4) is 0 Å². The summed E-state index contributed by atoms with van der Waals surface area (Å²) >= 11 is 0. The maximum atomic E-state index is 14.4. The number of guanidine groups is 1. The number of nitrogens with one attached hydrogen (secondary N) is 8. The minimum absolute atomic E-state index is 0.00325. The van der Waals surface area contributed by atoms with Crippen LogP contribution in [0.15, 0.2) is 42.5 Å². The van der Waals surface area contributed by atoms with E-state index in [9.17, 15) is 38.7 Å². The van der Waals surface area contributed by atoms with Gasteiger partial charge in [0.05, 0.1) is 19.8 Å². The van der Waals surface area contributed by atoms with Gasteiger partial charge in [-0.25, -0.2) is 14.4 Å². The van der Waals surface area contributed by atoms with Crippen LogP contribution in [0.1, 0.15) is 75.1 Å². The number of amides is 7. The van der Waals surface area contributed by atoms with Crippen molar-refractivity contribution in [3.8, 4) is 5.75 Å². The van der Waals surface area contributed by atoms with Crippen LogP contribution in [0.2, 0.25) is 0 Å². The standard InChI is InChI=1S/C41H61N9O11/c1-6-59-39(56)45-19-13-12-17-30(35(53)47-32(34(42)52)23-27-15-10-9-11-16-27)46-37(55)33(24-29-25(4)21-28(51)22-26(29)5)48-36(54)31(49-40(57)60-7-2)18-14-20-44-38(43)50-41(58)61-8-3/h9-11,15-16,21-22,30-33,51H,6-8,12-14,17-20,23-24H2,1-5H3,(H2,42,52)(H,45,56)(H,46,55)(H,47,53)(H,48,54)(H,49,57)(H3,43,44,50,58)/t30-,31+,32-,33-/m0/s1. The number of carbonyl (C=O) groups excluding carboxylic acids is 7. The van der Waals surface area contributed by atoms with Crippen molar-refractivity contribution in [3.63, 3.8) is 0 Å². The molecule has 0 radical (unpaired) electrons. The average molecular weight is 856 g/mol. The lowest BCUT2D eigenvalue weighted by atomic mass is 9.95. The molecule has 0 unspecified atom stereocenters. The zero-order valence-electron chi connectivity index (χ0n) is 35.4. The summed E-state index contributed by atoms with van der Waals surface area (Å²) < 4.78 is 14.7. The molecule has 336 valence electrons. The molecule has 0 aliphatic carbocycles. The fraction of sp³-hybridized carbons (Fsp3) is 0.512. The molecule has 0 saturated carbocycles. The van der Waals surface area contributed by atoms with Crippen molar-refractivity contribution in [2.45, 2.75) is 104 Å². The highest BCUT2D eigenvalue weighted by Crippen LogP contribution is 2.22. The van der Waals surface area contributed by atoms with Crippen LogP contribution in [-0.4, -0.2) is 110 Å². The zero-order valence-corrected chi connectivity index (χ0v) is 35.4. The molecule has 11 N–H and O–H groups in total. The molecule has 4 atom stereocenters. The summed E-state index contributed by atoms with van der Waals surface area (Å²) in [5.41, 5.74) is 8.27. The van der Waals surface area contributed by atoms with E-state index in [1.165, 1.54) is 12.1 Å². The van der Waals surface area contributed by atoms with E-state index < -0.39 is 66.1 Å². The highest BCUT2D eigenvalue weighted by atomic mass is 16.6. The Hall–Kier alpha value is -6.60. The smallest absolute Gasteiger partial charge is 0.413 e. The number of alkyl carbamates (subject to hydrolysis) is 3. The Kier molecular flexibility index (Phi) is 22.5. The van der Waals surface area contributed by atoms with E-state index in [-0.39, 0.29) is 76.7 Å². The number of ether oxygens (including phenoxy) is 3. The van der Waals surface area contributed by atoms with E-state index >= 15 is 0 Å². The Morgan fingerprint density at radius 2 is 1.15 bits per heavy atom. The monoisotopic (exact) mass is 855 g/mol. The van der Waals surface area contributed by atoms with Gasteiger partial charge in [0.1, 0.15) is 29.9 Å². The van der Waals surface area contributed by atoms with Gasteiger partial charge in [-0.05, 0) is 101 Å². The third kappa shape index (κ3) is 19.3. The van der Waals surface area contributed by atoms with Crippen LogP contribution in [0.5, 0.6) is 5.75 Å². The topological polar surface area (TPSA) is 301 Å². The van der Waals surface area contributed by atoms with Gasteiger partial charge < -0.3 is 57.0 Å². The second kappa shape index (κ2) is 27.2. The molecule has 0 aliphatic rings. The van der Waals surface area contributed by atoms with E-state index in [2.05, 4.69) is 37.2 Å². The van der Waals surface area contributed by atoms with Crippen LogP contribution in [0.25, 0.3) is 0 Å². The van der Waals surface area contributed by atoms with E-state index in [1.807, 2.05) is 0 Å². The second-order valence-electron chi connectivity index (χ2n) is 13.9. The number of phenols is 1. The zero-order chi connectivity index (χ0) is 45.3. The molecule has 2 rings (SSSR count). The predicted octanol–water partition coefficient (Wildman–Crippen LogP) is 1.82. The number of nitrogens with two attached hydrogens (primary N) is 1. The Labute approximate surface area is 355 Å². The van der Waals surface area contributed by atoms with Crippen LogP contribution < -0.4 is 43.0 Å². The van der Waals surface area contributed by atoms with Crippen molar-refractivity contribution in [3.05, 3.63) is 64.7 Å². The summed E-state index contributed by atoms with van der Waals surface area (Å²) in [7, 11) is 0. The molecule has 0 bridgehead atoms. The van der Waals surface area contributed by atoms with E-state index in [0.717, 1.165) is 5.56 Å². The first-order valence-corrected chi connectivity index (χ1v) is 20.2. The number of phenolic OH excluding ortho intramolecular Hbond substituents is 1. The number of benzene rings is 2. The summed E-state index contributed by atoms with van der Waals surface area (Å²) in [4.78, 5) is 90.8. The van der Waals surface area contributed by atoms with Gasteiger partial charge in [-0.3, -0.25) is 29.9 Å². The number of hydrogen-bond acceptors (Lipinski definition) is 12. The fourth-order valence-electron chi connectivity index (χ4n) is 6.13. The number of aromatic hydroxyl groups is 1. The van der Waals surface area contributed by atoms with Crippen LogP contribution in [0.4, 0.5) is 14.4 Å². The van der Waals surface area contributed by atoms with Gasteiger partial charge in [0.15, 0.2) is 5.96 Å². The van der Waals surface area contributed by atoms with E-state index in [4.69, 9.17) is 25.4 Å². The number of aryl methyl sites for hydroxylation is 2. The van der Waals surface area contributed by atoms with Gasteiger partial charge >= 0.3 is 18.3 Å². The number of rotatable bonds is 24. The molecule has 2 aromatic rings.